The third-order valence-corrected chi connectivity index (χ3v) is 3.39. The molecule has 3 aromatic heterocycles. The predicted octanol–water partition coefficient (Wildman–Crippen LogP) is 3.15. The van der Waals surface area contributed by atoms with Gasteiger partial charge >= 0.3 is 6.18 Å². The Bertz CT molecular complexity index is 829. The second-order valence-corrected chi connectivity index (χ2v) is 5.58. The van der Waals surface area contributed by atoms with Crippen molar-refractivity contribution < 1.29 is 17.9 Å². The van der Waals surface area contributed by atoms with Gasteiger partial charge < -0.3 is 4.74 Å². The lowest BCUT2D eigenvalue weighted by molar-refractivity contribution is -0.207. The van der Waals surface area contributed by atoms with E-state index in [9.17, 15) is 13.2 Å². The topological polar surface area (TPSA) is 65.2 Å². The van der Waals surface area contributed by atoms with Gasteiger partial charge in [0.1, 0.15) is 6.33 Å². The molecule has 24 heavy (non-hydrogen) atoms. The smallest absolute Gasteiger partial charge is 0.425 e. The number of halogens is 3. The van der Waals surface area contributed by atoms with E-state index in [1.54, 1.807) is 22.9 Å². The fourth-order valence-electron chi connectivity index (χ4n) is 2.20. The van der Waals surface area contributed by atoms with Crippen molar-refractivity contribution in [2.24, 2.45) is 5.92 Å². The molecule has 0 aliphatic carbocycles. The number of aromatic nitrogens is 5. The summed E-state index contributed by atoms with van der Waals surface area (Å²) < 4.78 is 45.5. The van der Waals surface area contributed by atoms with Crippen LogP contribution in [0.15, 0.2) is 37.1 Å². The number of hydrogen-bond acceptors (Lipinski definition) is 5. The zero-order valence-electron chi connectivity index (χ0n) is 12.9. The third-order valence-electron chi connectivity index (χ3n) is 3.39. The van der Waals surface area contributed by atoms with E-state index in [4.69, 9.17) is 4.74 Å². The van der Waals surface area contributed by atoms with Gasteiger partial charge in [0.15, 0.2) is 11.8 Å². The maximum atomic E-state index is 12.9. The molecule has 0 N–H and O–H groups in total. The third kappa shape index (κ3) is 3.29. The Balaban J connectivity index is 1.82. The van der Waals surface area contributed by atoms with Gasteiger partial charge in [-0.2, -0.15) is 13.2 Å². The number of ether oxygens (including phenoxy) is 1. The first-order valence-corrected chi connectivity index (χ1v) is 7.20. The maximum absolute atomic E-state index is 12.9. The van der Waals surface area contributed by atoms with Gasteiger partial charge in [0.05, 0.1) is 11.9 Å². The van der Waals surface area contributed by atoms with Gasteiger partial charge in [0.25, 0.3) is 0 Å². The van der Waals surface area contributed by atoms with Crippen molar-refractivity contribution in [3.63, 3.8) is 0 Å². The molecule has 0 aliphatic rings. The molecule has 0 amide bonds. The highest BCUT2D eigenvalue weighted by molar-refractivity contribution is 5.58. The molecule has 6 nitrogen and oxygen atoms in total. The van der Waals surface area contributed by atoms with Gasteiger partial charge in [-0.05, 0) is 12.0 Å². The molecule has 0 bridgehead atoms. The summed E-state index contributed by atoms with van der Waals surface area (Å²) in [5.74, 6) is -0.801. The zero-order chi connectivity index (χ0) is 17.3. The Labute approximate surface area is 135 Å². The molecule has 3 rings (SSSR count). The Hall–Kier alpha value is -2.71. The number of pyridine rings is 1. The normalized spacial score (nSPS) is 13.4. The van der Waals surface area contributed by atoms with E-state index >= 15 is 0 Å². The van der Waals surface area contributed by atoms with Crippen LogP contribution in [0.25, 0.3) is 16.9 Å². The van der Waals surface area contributed by atoms with Crippen LogP contribution in [0, 0.1) is 5.92 Å². The summed E-state index contributed by atoms with van der Waals surface area (Å²) >= 11 is 0. The summed E-state index contributed by atoms with van der Waals surface area (Å²) in [5.41, 5.74) is 1.83. The summed E-state index contributed by atoms with van der Waals surface area (Å²) in [6, 6.07) is 3.00. The average Bonchev–Trinajstić information content (AvgIpc) is 2.99. The lowest BCUT2D eigenvalue weighted by Crippen LogP contribution is -2.39. The number of hydrogen-bond donors (Lipinski definition) is 0. The average molecular weight is 337 g/mol. The van der Waals surface area contributed by atoms with Crippen LogP contribution in [0.5, 0.6) is 5.88 Å². The van der Waals surface area contributed by atoms with Crippen LogP contribution in [0.3, 0.4) is 0 Å². The van der Waals surface area contributed by atoms with Crippen molar-refractivity contribution in [2.45, 2.75) is 26.1 Å². The minimum atomic E-state index is -4.45. The first kappa shape index (κ1) is 16.2. The van der Waals surface area contributed by atoms with Gasteiger partial charge in [-0.15, -0.1) is 10.2 Å². The van der Waals surface area contributed by atoms with Crippen LogP contribution in [-0.2, 0) is 0 Å². The molecule has 3 aromatic rings. The molecule has 1 unspecified atom stereocenters. The van der Waals surface area contributed by atoms with Crippen LogP contribution >= 0.6 is 0 Å². The lowest BCUT2D eigenvalue weighted by Gasteiger charge is -2.24. The molecular weight excluding hydrogens is 323 g/mol. The molecular formula is C15H14F3N5O. The Morgan fingerprint density at radius 1 is 1.12 bits per heavy atom. The SMILES string of the molecule is CC(C)C(Oc1ccc(-c2cn3cnnc3cn2)cn1)C(F)(F)F. The summed E-state index contributed by atoms with van der Waals surface area (Å²) in [6.45, 7) is 2.90. The van der Waals surface area contributed by atoms with Gasteiger partial charge in [-0.3, -0.25) is 9.38 Å². The minimum absolute atomic E-state index is 0.0832. The predicted molar refractivity (Wildman–Crippen MR) is 79.3 cm³/mol. The molecule has 126 valence electrons. The number of fused-ring (bicyclic) bond motifs is 1. The van der Waals surface area contributed by atoms with E-state index in [-0.39, 0.29) is 5.88 Å². The van der Waals surface area contributed by atoms with Gasteiger partial charge in [0.2, 0.25) is 5.88 Å². The van der Waals surface area contributed by atoms with Crippen LogP contribution in [0.1, 0.15) is 13.8 Å². The van der Waals surface area contributed by atoms with Gasteiger partial charge in [0, 0.05) is 24.0 Å². The monoisotopic (exact) mass is 337 g/mol. The summed E-state index contributed by atoms with van der Waals surface area (Å²) in [5, 5.41) is 7.60. The van der Waals surface area contributed by atoms with E-state index < -0.39 is 18.2 Å². The second-order valence-electron chi connectivity index (χ2n) is 5.58. The Morgan fingerprint density at radius 2 is 1.92 bits per heavy atom. The van der Waals surface area contributed by atoms with Crippen molar-refractivity contribution in [3.8, 4) is 17.1 Å². The summed E-state index contributed by atoms with van der Waals surface area (Å²) in [7, 11) is 0. The first-order chi connectivity index (χ1) is 11.3. The molecule has 9 heteroatoms. The lowest BCUT2D eigenvalue weighted by atomic mass is 10.1. The molecule has 0 spiro atoms. The van der Waals surface area contributed by atoms with E-state index in [0.717, 1.165) is 0 Å². The molecule has 3 heterocycles. The van der Waals surface area contributed by atoms with Gasteiger partial charge in [-0.1, -0.05) is 13.8 Å². The van der Waals surface area contributed by atoms with Crippen LogP contribution in [0.2, 0.25) is 0 Å². The Morgan fingerprint density at radius 3 is 2.54 bits per heavy atom. The summed E-state index contributed by atoms with van der Waals surface area (Å²) in [4.78, 5) is 8.18. The number of rotatable bonds is 4. The van der Waals surface area contributed by atoms with Crippen LogP contribution in [-0.4, -0.2) is 36.8 Å². The van der Waals surface area contributed by atoms with Gasteiger partial charge in [-0.25, -0.2) is 4.98 Å². The highest BCUT2D eigenvalue weighted by atomic mass is 19.4. The zero-order valence-corrected chi connectivity index (χ0v) is 12.9. The van der Waals surface area contributed by atoms with E-state index in [0.29, 0.717) is 16.9 Å². The van der Waals surface area contributed by atoms with Crippen LogP contribution in [0.4, 0.5) is 13.2 Å². The standard InChI is InChI=1S/C15H14F3N5O/c1-9(2)14(15(16,17)18)24-13-4-3-10(5-20-13)11-7-23-8-21-22-12(23)6-19-11/h3-9,14H,1-2H3. The van der Waals surface area contributed by atoms with E-state index in [2.05, 4.69) is 20.2 Å². The maximum Gasteiger partial charge on any atom is 0.425 e. The highest BCUT2D eigenvalue weighted by Gasteiger charge is 2.44. The fourth-order valence-corrected chi connectivity index (χ4v) is 2.20. The minimum Gasteiger partial charge on any atom is -0.464 e. The second kappa shape index (κ2) is 6.06. The molecule has 0 aromatic carbocycles. The van der Waals surface area contributed by atoms with Crippen molar-refractivity contribution in [2.75, 3.05) is 0 Å². The van der Waals surface area contributed by atoms with Crippen molar-refractivity contribution in [3.05, 3.63) is 37.1 Å². The Kier molecular flexibility index (Phi) is 4.08. The number of nitrogens with zero attached hydrogens (tertiary/aromatic N) is 5. The first-order valence-electron chi connectivity index (χ1n) is 7.20. The van der Waals surface area contributed by atoms with Crippen molar-refractivity contribution in [1.29, 1.82) is 0 Å². The molecule has 1 atom stereocenters. The van der Waals surface area contributed by atoms with E-state index in [1.807, 2.05) is 0 Å². The van der Waals surface area contributed by atoms with E-state index in [1.165, 1.54) is 32.4 Å². The van der Waals surface area contributed by atoms with Crippen LogP contribution < -0.4 is 4.74 Å². The molecule has 0 aliphatic heterocycles. The molecule has 0 radical (unpaired) electrons. The highest BCUT2D eigenvalue weighted by Crippen LogP contribution is 2.29. The number of alkyl halides is 3. The van der Waals surface area contributed by atoms with Crippen molar-refractivity contribution >= 4 is 5.65 Å². The quantitative estimate of drug-likeness (QED) is 0.732. The fraction of sp³-hybridized carbons (Fsp3) is 0.333. The molecule has 0 saturated heterocycles. The largest absolute Gasteiger partial charge is 0.464 e. The van der Waals surface area contributed by atoms with Crippen molar-refractivity contribution in [1.82, 2.24) is 24.6 Å². The summed E-state index contributed by atoms with van der Waals surface area (Å²) in [6.07, 6.45) is -0.147. The molecule has 0 fully saturated rings. The molecule has 0 saturated carbocycles.